The van der Waals surface area contributed by atoms with Gasteiger partial charge in [-0.1, -0.05) is 42.5 Å². The Morgan fingerprint density at radius 1 is 1.00 bits per heavy atom. The maximum atomic E-state index is 11.2. The molecule has 124 valence electrons. The van der Waals surface area contributed by atoms with Gasteiger partial charge in [0.2, 0.25) is 10.0 Å². The van der Waals surface area contributed by atoms with E-state index in [0.29, 0.717) is 5.69 Å². The van der Waals surface area contributed by atoms with Gasteiger partial charge in [-0.25, -0.2) is 13.4 Å². The summed E-state index contributed by atoms with van der Waals surface area (Å²) in [4.78, 5) is 4.68. The van der Waals surface area contributed by atoms with Crippen LogP contribution in [0.4, 0.5) is 5.69 Å². The molecule has 0 unspecified atom stereocenters. The summed E-state index contributed by atoms with van der Waals surface area (Å²) in [6.45, 7) is 0. The van der Waals surface area contributed by atoms with Crippen molar-refractivity contribution >= 4 is 27.0 Å². The van der Waals surface area contributed by atoms with Gasteiger partial charge in [0.25, 0.3) is 0 Å². The van der Waals surface area contributed by atoms with E-state index in [2.05, 4.69) is 34.0 Å². The van der Waals surface area contributed by atoms with Crippen LogP contribution in [0.3, 0.4) is 0 Å². The van der Waals surface area contributed by atoms with Crippen molar-refractivity contribution in [1.29, 1.82) is 0 Å². The molecule has 3 aromatic rings. The number of nitrogens with zero attached hydrogens (tertiary/aromatic N) is 1. The lowest BCUT2D eigenvalue weighted by molar-refractivity contribution is 0.607. The zero-order valence-electron chi connectivity index (χ0n) is 13.3. The van der Waals surface area contributed by atoms with Crippen molar-refractivity contribution in [2.75, 3.05) is 11.0 Å². The Balaban J connectivity index is 1.66. The predicted octanol–water partition coefficient (Wildman–Crippen LogP) is 3.97. The molecule has 1 N–H and O–H groups in total. The summed E-state index contributed by atoms with van der Waals surface area (Å²) in [5.41, 5.74) is 3.77. The lowest BCUT2D eigenvalue weighted by atomic mass is 10.1. The molecule has 2 aromatic carbocycles. The third-order valence-electron chi connectivity index (χ3n) is 3.51. The Morgan fingerprint density at radius 3 is 2.38 bits per heavy atom. The van der Waals surface area contributed by atoms with E-state index in [0.717, 1.165) is 35.4 Å². The van der Waals surface area contributed by atoms with Gasteiger partial charge in [-0.3, -0.25) is 4.72 Å². The van der Waals surface area contributed by atoms with Gasteiger partial charge in [-0.05, 0) is 24.1 Å². The molecule has 0 aliphatic rings. The number of anilines is 1. The number of sulfonamides is 1. The molecule has 0 aliphatic carbocycles. The van der Waals surface area contributed by atoms with Crippen LogP contribution >= 0.6 is 11.3 Å². The first kappa shape index (κ1) is 16.7. The summed E-state index contributed by atoms with van der Waals surface area (Å²) < 4.78 is 24.9. The molecule has 0 aliphatic heterocycles. The molecule has 6 heteroatoms. The quantitative estimate of drug-likeness (QED) is 0.725. The normalized spacial score (nSPS) is 11.4. The molecule has 4 nitrogen and oxygen atoms in total. The fraction of sp³-hybridized carbons (Fsp3) is 0.167. The lowest BCUT2D eigenvalue weighted by Gasteiger charge is -2.04. The molecule has 0 saturated carbocycles. The van der Waals surface area contributed by atoms with E-state index in [4.69, 9.17) is 0 Å². The number of benzene rings is 2. The van der Waals surface area contributed by atoms with Crippen molar-refractivity contribution in [3.63, 3.8) is 0 Å². The molecule has 0 saturated heterocycles. The Labute approximate surface area is 146 Å². The van der Waals surface area contributed by atoms with Crippen LogP contribution in [0.5, 0.6) is 0 Å². The molecule has 0 atom stereocenters. The zero-order chi connectivity index (χ0) is 17.0. The highest BCUT2D eigenvalue weighted by molar-refractivity contribution is 7.92. The van der Waals surface area contributed by atoms with Gasteiger partial charge in [0, 0.05) is 23.1 Å². The molecule has 3 rings (SSSR count). The van der Waals surface area contributed by atoms with Crippen molar-refractivity contribution in [1.82, 2.24) is 4.98 Å². The molecule has 1 heterocycles. The topological polar surface area (TPSA) is 59.1 Å². The van der Waals surface area contributed by atoms with E-state index >= 15 is 0 Å². The van der Waals surface area contributed by atoms with Crippen molar-refractivity contribution in [3.05, 3.63) is 70.5 Å². The Kier molecular flexibility index (Phi) is 4.97. The number of hydrogen-bond donors (Lipinski definition) is 1. The average molecular weight is 358 g/mol. The highest BCUT2D eigenvalue weighted by Crippen LogP contribution is 2.24. The standard InChI is InChI=1S/C18H18N2O2S2/c1-24(21,22)20-16-10-8-15(9-11-16)17-13-23-18(19-17)12-7-14-5-3-2-4-6-14/h2-6,8-11,13,20H,7,12H2,1H3. The second-order valence-corrected chi connectivity index (χ2v) is 8.25. The van der Waals surface area contributed by atoms with Crippen molar-refractivity contribution in [2.24, 2.45) is 0 Å². The second kappa shape index (κ2) is 7.15. The summed E-state index contributed by atoms with van der Waals surface area (Å²) in [6, 6.07) is 17.6. The fourth-order valence-corrected chi connectivity index (χ4v) is 3.75. The van der Waals surface area contributed by atoms with Gasteiger partial charge in [0.1, 0.15) is 0 Å². The minimum Gasteiger partial charge on any atom is -0.284 e. The largest absolute Gasteiger partial charge is 0.284 e. The summed E-state index contributed by atoms with van der Waals surface area (Å²) in [6.07, 6.45) is 3.04. The van der Waals surface area contributed by atoms with Crippen molar-refractivity contribution in [2.45, 2.75) is 12.8 Å². The highest BCUT2D eigenvalue weighted by Gasteiger charge is 2.06. The summed E-state index contributed by atoms with van der Waals surface area (Å²) in [7, 11) is -3.25. The van der Waals surface area contributed by atoms with E-state index < -0.39 is 10.0 Å². The van der Waals surface area contributed by atoms with E-state index in [9.17, 15) is 8.42 Å². The first-order valence-electron chi connectivity index (χ1n) is 7.56. The molecule has 0 spiro atoms. The Hall–Kier alpha value is -2.18. The number of rotatable bonds is 6. The van der Waals surface area contributed by atoms with Gasteiger partial charge in [0.05, 0.1) is 17.0 Å². The number of aryl methyl sites for hydroxylation is 2. The molecule has 0 radical (unpaired) electrons. The molecule has 24 heavy (non-hydrogen) atoms. The van der Waals surface area contributed by atoms with Crippen LogP contribution in [-0.2, 0) is 22.9 Å². The van der Waals surface area contributed by atoms with Crippen LogP contribution in [0.1, 0.15) is 10.6 Å². The maximum Gasteiger partial charge on any atom is 0.229 e. The number of thiazole rings is 1. The van der Waals surface area contributed by atoms with Crippen LogP contribution in [0.15, 0.2) is 60.0 Å². The zero-order valence-corrected chi connectivity index (χ0v) is 14.9. The van der Waals surface area contributed by atoms with Crippen LogP contribution < -0.4 is 4.72 Å². The number of nitrogens with one attached hydrogen (secondary N) is 1. The average Bonchev–Trinajstić information content (AvgIpc) is 3.02. The van der Waals surface area contributed by atoms with Crippen LogP contribution in [-0.4, -0.2) is 19.7 Å². The molecule has 1 aromatic heterocycles. The first-order valence-corrected chi connectivity index (χ1v) is 10.3. The molecule has 0 amide bonds. The van der Waals surface area contributed by atoms with Crippen LogP contribution in [0, 0.1) is 0 Å². The van der Waals surface area contributed by atoms with Crippen LogP contribution in [0.2, 0.25) is 0 Å². The molecular formula is C18H18N2O2S2. The monoisotopic (exact) mass is 358 g/mol. The lowest BCUT2D eigenvalue weighted by Crippen LogP contribution is -2.09. The third kappa shape index (κ3) is 4.66. The third-order valence-corrected chi connectivity index (χ3v) is 5.02. The summed E-state index contributed by atoms with van der Waals surface area (Å²) in [5, 5.41) is 3.14. The Bertz CT molecular complexity index is 902. The first-order chi connectivity index (χ1) is 11.5. The fourth-order valence-electron chi connectivity index (χ4n) is 2.38. The van der Waals surface area contributed by atoms with E-state index in [-0.39, 0.29) is 0 Å². The van der Waals surface area contributed by atoms with Crippen LogP contribution in [0.25, 0.3) is 11.3 Å². The minimum atomic E-state index is -3.25. The maximum absolute atomic E-state index is 11.2. The van der Waals surface area contributed by atoms with Gasteiger partial charge >= 0.3 is 0 Å². The van der Waals surface area contributed by atoms with Gasteiger partial charge in [-0.15, -0.1) is 11.3 Å². The number of aromatic nitrogens is 1. The summed E-state index contributed by atoms with van der Waals surface area (Å²) >= 11 is 1.66. The highest BCUT2D eigenvalue weighted by atomic mass is 32.2. The minimum absolute atomic E-state index is 0.556. The molecular weight excluding hydrogens is 340 g/mol. The van der Waals surface area contributed by atoms with E-state index in [1.54, 1.807) is 23.5 Å². The number of hydrogen-bond acceptors (Lipinski definition) is 4. The van der Waals surface area contributed by atoms with Crippen molar-refractivity contribution in [3.8, 4) is 11.3 Å². The Morgan fingerprint density at radius 2 is 1.71 bits per heavy atom. The second-order valence-electron chi connectivity index (χ2n) is 5.56. The van der Waals surface area contributed by atoms with E-state index in [1.165, 1.54) is 5.56 Å². The predicted molar refractivity (Wildman–Crippen MR) is 99.9 cm³/mol. The smallest absolute Gasteiger partial charge is 0.229 e. The molecule has 0 bridgehead atoms. The van der Waals surface area contributed by atoms with Gasteiger partial charge in [-0.2, -0.15) is 0 Å². The SMILES string of the molecule is CS(=O)(=O)Nc1ccc(-c2csc(CCc3ccccc3)n2)cc1. The summed E-state index contributed by atoms with van der Waals surface area (Å²) in [5.74, 6) is 0. The van der Waals surface area contributed by atoms with E-state index in [1.807, 2.05) is 23.6 Å². The van der Waals surface area contributed by atoms with Gasteiger partial charge < -0.3 is 0 Å². The van der Waals surface area contributed by atoms with Crippen molar-refractivity contribution < 1.29 is 8.42 Å². The van der Waals surface area contributed by atoms with Gasteiger partial charge in [0.15, 0.2) is 0 Å². The molecule has 0 fully saturated rings.